The van der Waals surface area contributed by atoms with E-state index in [0.717, 1.165) is 20.1 Å². The summed E-state index contributed by atoms with van der Waals surface area (Å²) in [5.74, 6) is 14.6. The van der Waals surface area contributed by atoms with Crippen molar-refractivity contribution in [3.8, 4) is 23.7 Å². The molecule has 0 atom stereocenters. The largest absolute Gasteiger partial charge is 0.228 e. The molecule has 3 aliphatic heterocycles. The van der Waals surface area contributed by atoms with Crippen LogP contribution in [-0.4, -0.2) is 16.5 Å². The van der Waals surface area contributed by atoms with Gasteiger partial charge in [-0.3, -0.25) is 0 Å². The number of nitrogens with zero attached hydrogens (tertiary/aromatic N) is 1. The van der Waals surface area contributed by atoms with Crippen molar-refractivity contribution in [2.75, 3.05) is 11.5 Å². The van der Waals surface area contributed by atoms with Crippen molar-refractivity contribution >= 4 is 92.1 Å². The Bertz CT molecular complexity index is 1090. The highest BCUT2D eigenvalue weighted by Crippen LogP contribution is 2.63. The maximum atomic E-state index is 4.51. The quantitative estimate of drug-likeness (QED) is 0.369. The van der Waals surface area contributed by atoms with Crippen LogP contribution in [0, 0.1) is 23.7 Å². The van der Waals surface area contributed by atoms with E-state index < -0.39 is 0 Å². The number of fused-ring (bicyclic) bond motifs is 1. The van der Waals surface area contributed by atoms with Gasteiger partial charge in [-0.1, -0.05) is 59.2 Å². The average Bonchev–Trinajstić information content (AvgIpc) is 3.41. The molecular weight excluding hydrogens is 467 g/mol. The minimum atomic E-state index is 0.821. The lowest BCUT2D eigenvalue weighted by Crippen LogP contribution is -1.88. The molecule has 0 amide bonds. The Kier molecular flexibility index (Phi) is 5.85. The van der Waals surface area contributed by atoms with Gasteiger partial charge in [0.1, 0.15) is 0 Å². The molecule has 0 N–H and O–H groups in total. The minimum absolute atomic E-state index is 0.821. The van der Waals surface area contributed by atoms with Crippen LogP contribution in [0.5, 0.6) is 0 Å². The Morgan fingerprint density at radius 3 is 2.41 bits per heavy atom. The number of rotatable bonds is 0. The fourth-order valence-electron chi connectivity index (χ4n) is 2.30. The van der Waals surface area contributed by atoms with Gasteiger partial charge in [0.25, 0.3) is 0 Å². The molecule has 0 radical (unpaired) electrons. The second-order valence-electron chi connectivity index (χ2n) is 5.24. The zero-order valence-electron chi connectivity index (χ0n) is 13.6. The molecule has 0 bridgehead atoms. The van der Waals surface area contributed by atoms with E-state index in [1.807, 2.05) is 65.2 Å². The van der Waals surface area contributed by atoms with E-state index in [4.69, 9.17) is 0 Å². The zero-order chi connectivity index (χ0) is 18.1. The van der Waals surface area contributed by atoms with Gasteiger partial charge in [-0.05, 0) is 41.2 Å². The molecule has 0 aliphatic carbocycles. The summed E-state index contributed by atoms with van der Waals surface area (Å²) in [6, 6.07) is 8.10. The van der Waals surface area contributed by atoms with E-state index in [1.165, 1.54) is 28.5 Å². The smallest absolute Gasteiger partial charge is 0.169 e. The van der Waals surface area contributed by atoms with Gasteiger partial charge in [0.15, 0.2) is 5.01 Å². The summed E-state index contributed by atoms with van der Waals surface area (Å²) in [4.78, 5) is 5.59. The van der Waals surface area contributed by atoms with Crippen LogP contribution in [0.4, 0.5) is 0 Å². The van der Waals surface area contributed by atoms with Gasteiger partial charge in [0, 0.05) is 11.5 Å². The Hall–Kier alpha value is -0.450. The van der Waals surface area contributed by atoms with E-state index in [1.54, 1.807) is 34.9 Å². The molecule has 0 spiro atoms. The Morgan fingerprint density at radius 1 is 0.815 bits per heavy atom. The summed E-state index contributed by atoms with van der Waals surface area (Å²) in [5, 5.41) is 2.96. The van der Waals surface area contributed by atoms with Crippen LogP contribution >= 0.6 is 81.9 Å². The maximum Gasteiger partial charge on any atom is 0.169 e. The predicted octanol–water partition coefficient (Wildman–Crippen LogP) is 7.19. The van der Waals surface area contributed by atoms with Gasteiger partial charge < -0.3 is 0 Å². The van der Waals surface area contributed by atoms with Crippen LogP contribution in [0.25, 0.3) is 10.2 Å². The van der Waals surface area contributed by atoms with Crippen molar-refractivity contribution in [2.24, 2.45) is 0 Å². The van der Waals surface area contributed by atoms with E-state index in [9.17, 15) is 0 Å². The van der Waals surface area contributed by atoms with Crippen LogP contribution in [0.2, 0.25) is 0 Å². The summed E-state index contributed by atoms with van der Waals surface area (Å²) < 4.78 is 6.90. The summed E-state index contributed by atoms with van der Waals surface area (Å²) in [7, 11) is 0. The molecule has 1 aromatic heterocycles. The van der Waals surface area contributed by atoms with Gasteiger partial charge in [0.2, 0.25) is 0 Å². The number of hydrogen-bond donors (Lipinski definition) is 0. The first-order valence-electron chi connectivity index (χ1n) is 7.87. The third-order valence-electron chi connectivity index (χ3n) is 3.44. The highest BCUT2D eigenvalue weighted by molar-refractivity contribution is 8.43. The van der Waals surface area contributed by atoms with Gasteiger partial charge in [-0.15, -0.1) is 34.9 Å². The van der Waals surface area contributed by atoms with Crippen LogP contribution in [0.3, 0.4) is 0 Å². The number of hydrogen-bond acceptors (Lipinski definition) is 8. The van der Waals surface area contributed by atoms with Crippen molar-refractivity contribution in [1.29, 1.82) is 0 Å². The fourth-order valence-corrected chi connectivity index (χ4v) is 11.5. The Morgan fingerprint density at radius 2 is 1.59 bits per heavy atom. The van der Waals surface area contributed by atoms with Crippen molar-refractivity contribution in [2.45, 2.75) is 0 Å². The van der Waals surface area contributed by atoms with Crippen molar-refractivity contribution in [3.63, 3.8) is 0 Å². The molecule has 0 saturated heterocycles. The van der Waals surface area contributed by atoms with Crippen LogP contribution < -0.4 is 0 Å². The summed E-state index contributed by atoms with van der Waals surface area (Å²) >= 11 is 13.0. The molecule has 1 aromatic carbocycles. The highest BCUT2D eigenvalue weighted by Gasteiger charge is 2.28. The van der Waals surface area contributed by atoms with Gasteiger partial charge in [-0.25, -0.2) is 4.98 Å². The molecule has 2 aromatic rings. The number of thioether (sulfide) groups is 6. The van der Waals surface area contributed by atoms with E-state index in [-0.39, 0.29) is 0 Å². The molecule has 3 aliphatic rings. The van der Waals surface area contributed by atoms with Gasteiger partial charge >= 0.3 is 0 Å². The van der Waals surface area contributed by atoms with Gasteiger partial charge in [0.05, 0.1) is 32.1 Å². The number of allylic oxidation sites excluding steroid dienone is 1. The van der Waals surface area contributed by atoms with Crippen LogP contribution in [-0.2, 0) is 0 Å². The molecule has 132 valence electrons. The van der Waals surface area contributed by atoms with E-state index >= 15 is 0 Å². The monoisotopic (exact) mass is 475 g/mol. The van der Waals surface area contributed by atoms with E-state index in [0.29, 0.717) is 0 Å². The maximum absolute atomic E-state index is 4.51. The lowest BCUT2D eigenvalue weighted by Gasteiger charge is -2.08. The third kappa shape index (κ3) is 4.28. The molecule has 5 rings (SSSR count). The Balaban J connectivity index is 1.24. The molecule has 0 fully saturated rings. The molecular formula is C19H9NS7. The number of para-hydroxylation sites is 1. The first-order valence-corrected chi connectivity index (χ1v) is 14.0. The molecule has 8 heteroatoms. The van der Waals surface area contributed by atoms with Crippen LogP contribution in [0.1, 0.15) is 5.01 Å². The molecule has 0 unspecified atom stereocenters. The molecule has 4 heterocycles. The molecule has 27 heavy (non-hydrogen) atoms. The standard InChI is InChI=1S/C19H9NS7/c1(4-8-15-20-13-6-2-3-7-14(13)25-15)5-12-11-23-18(24-12)19-26-16-17(27-19)22-10-9-21-16/h2-3,6-7,11H,9-10H2. The number of thiazole rings is 1. The van der Waals surface area contributed by atoms with Crippen molar-refractivity contribution in [3.05, 3.63) is 56.5 Å². The normalized spacial score (nSPS) is 18.7. The topological polar surface area (TPSA) is 12.9 Å². The number of benzene rings is 1. The van der Waals surface area contributed by atoms with E-state index in [2.05, 4.69) is 40.1 Å². The van der Waals surface area contributed by atoms with Crippen molar-refractivity contribution in [1.82, 2.24) is 4.98 Å². The molecule has 1 nitrogen and oxygen atoms in total. The zero-order valence-corrected chi connectivity index (χ0v) is 19.3. The second kappa shape index (κ2) is 8.51. The average molecular weight is 476 g/mol. The minimum Gasteiger partial charge on any atom is -0.228 e. The first-order chi connectivity index (χ1) is 13.3. The molecule has 0 saturated carbocycles. The SMILES string of the molecule is C(C#Cc1nc2ccccc2s1)#CC1=CSC(=C2SC3=C(SCCS3)S2)S1. The first kappa shape index (κ1) is 18.6. The van der Waals surface area contributed by atoms with Crippen molar-refractivity contribution < 1.29 is 0 Å². The second-order valence-corrected chi connectivity index (χ2v) is 13.5. The highest BCUT2D eigenvalue weighted by atomic mass is 32.3. The third-order valence-corrected chi connectivity index (χ3v) is 13.0. The lowest BCUT2D eigenvalue weighted by molar-refractivity contribution is 1.45. The van der Waals surface area contributed by atoms with Gasteiger partial charge in [-0.2, -0.15) is 0 Å². The number of aromatic nitrogens is 1. The predicted molar refractivity (Wildman–Crippen MR) is 132 cm³/mol. The summed E-state index contributed by atoms with van der Waals surface area (Å²) in [6.07, 6.45) is 0. The lowest BCUT2D eigenvalue weighted by atomic mass is 10.3. The van der Waals surface area contributed by atoms with Crippen LogP contribution in [0.15, 0.2) is 51.5 Å². The Labute approximate surface area is 187 Å². The fraction of sp³-hybridized carbons (Fsp3) is 0.105. The summed E-state index contributed by atoms with van der Waals surface area (Å²) in [6.45, 7) is 0. The summed E-state index contributed by atoms with van der Waals surface area (Å²) in [5.41, 5.74) is 1.00.